The number of ether oxygens (including phenoxy) is 3. The molecule has 0 saturated carbocycles. The molecule has 2 aromatic rings. The Hall–Kier alpha value is -2.20. The van der Waals surface area contributed by atoms with E-state index in [2.05, 4.69) is 17.4 Å². The van der Waals surface area contributed by atoms with Crippen molar-refractivity contribution >= 4 is 0 Å². The predicted molar refractivity (Wildman–Crippen MR) is 86.6 cm³/mol. The molecule has 0 atom stereocenters. The summed E-state index contributed by atoms with van der Waals surface area (Å²) in [6.45, 7) is 3.71. The normalized spacial score (nSPS) is 10.4. The average Bonchev–Trinajstić information content (AvgIpc) is 2.55. The lowest BCUT2D eigenvalue weighted by Gasteiger charge is -2.14. The number of nitrogens with two attached hydrogens (primary N) is 1. The second kappa shape index (κ2) is 7.71. The number of hydrogen-bond donors (Lipinski definition) is 1. The molecule has 2 rings (SSSR count). The van der Waals surface area contributed by atoms with Gasteiger partial charge < -0.3 is 19.5 Å². The van der Waals surface area contributed by atoms with Crippen LogP contribution in [-0.4, -0.2) is 21.3 Å². The third-order valence-corrected chi connectivity index (χ3v) is 3.78. The standard InChI is InChI=1S/C18H23NO3/c1-13-16(20-2)10-9-15(18(13)22-4)12-19-11-14-7-5-6-8-17(14)21-3/h5-10,19H,11-12H2,1-4H3/p+1. The summed E-state index contributed by atoms with van der Waals surface area (Å²) in [5.41, 5.74) is 3.39. The van der Waals surface area contributed by atoms with E-state index in [9.17, 15) is 0 Å². The number of methoxy groups -OCH3 is 3. The van der Waals surface area contributed by atoms with Crippen molar-refractivity contribution in [3.8, 4) is 17.2 Å². The van der Waals surface area contributed by atoms with E-state index in [4.69, 9.17) is 14.2 Å². The maximum atomic E-state index is 5.54. The van der Waals surface area contributed by atoms with Crippen LogP contribution in [0.25, 0.3) is 0 Å². The Morgan fingerprint density at radius 1 is 0.773 bits per heavy atom. The Morgan fingerprint density at radius 2 is 1.45 bits per heavy atom. The molecule has 0 saturated heterocycles. The maximum absolute atomic E-state index is 5.54. The molecule has 0 unspecified atom stereocenters. The Balaban J connectivity index is 2.07. The van der Waals surface area contributed by atoms with Gasteiger partial charge in [0.2, 0.25) is 0 Å². The number of hydrogen-bond acceptors (Lipinski definition) is 3. The smallest absolute Gasteiger partial charge is 0.134 e. The summed E-state index contributed by atoms with van der Waals surface area (Å²) >= 11 is 0. The van der Waals surface area contributed by atoms with E-state index in [-0.39, 0.29) is 0 Å². The molecule has 0 radical (unpaired) electrons. The van der Waals surface area contributed by atoms with E-state index in [0.717, 1.165) is 41.5 Å². The van der Waals surface area contributed by atoms with E-state index >= 15 is 0 Å². The summed E-state index contributed by atoms with van der Waals surface area (Å²) in [6.07, 6.45) is 0. The summed E-state index contributed by atoms with van der Waals surface area (Å²) in [5, 5.41) is 2.24. The zero-order valence-electron chi connectivity index (χ0n) is 13.7. The second-order valence-electron chi connectivity index (χ2n) is 5.09. The number of para-hydroxylation sites is 1. The highest BCUT2D eigenvalue weighted by atomic mass is 16.5. The van der Waals surface area contributed by atoms with Crippen LogP contribution in [0.1, 0.15) is 16.7 Å². The van der Waals surface area contributed by atoms with Gasteiger partial charge in [0.25, 0.3) is 0 Å². The molecular formula is C18H24NO3+. The van der Waals surface area contributed by atoms with E-state index < -0.39 is 0 Å². The first kappa shape index (κ1) is 16.2. The first-order valence-corrected chi connectivity index (χ1v) is 7.35. The fourth-order valence-electron chi connectivity index (χ4n) is 2.65. The molecule has 0 spiro atoms. The average molecular weight is 302 g/mol. The van der Waals surface area contributed by atoms with Crippen molar-refractivity contribution in [2.45, 2.75) is 20.0 Å². The highest BCUT2D eigenvalue weighted by Gasteiger charge is 2.12. The van der Waals surface area contributed by atoms with Crippen LogP contribution < -0.4 is 19.5 Å². The van der Waals surface area contributed by atoms with Crippen molar-refractivity contribution in [3.63, 3.8) is 0 Å². The van der Waals surface area contributed by atoms with Crippen molar-refractivity contribution in [2.75, 3.05) is 21.3 Å². The Morgan fingerprint density at radius 3 is 2.14 bits per heavy atom. The Kier molecular flexibility index (Phi) is 5.67. The zero-order valence-corrected chi connectivity index (χ0v) is 13.7. The molecular weight excluding hydrogens is 278 g/mol. The van der Waals surface area contributed by atoms with Crippen molar-refractivity contribution in [1.29, 1.82) is 0 Å². The third-order valence-electron chi connectivity index (χ3n) is 3.78. The molecule has 0 fully saturated rings. The number of benzene rings is 2. The van der Waals surface area contributed by atoms with Crippen LogP contribution in [0.15, 0.2) is 36.4 Å². The third kappa shape index (κ3) is 3.52. The van der Waals surface area contributed by atoms with Gasteiger partial charge in [0.05, 0.1) is 21.3 Å². The molecule has 2 N–H and O–H groups in total. The van der Waals surface area contributed by atoms with E-state index in [1.807, 2.05) is 31.2 Å². The molecule has 2 aromatic carbocycles. The summed E-state index contributed by atoms with van der Waals surface area (Å²) in [7, 11) is 5.08. The zero-order chi connectivity index (χ0) is 15.9. The van der Waals surface area contributed by atoms with Gasteiger partial charge in [-0.2, -0.15) is 0 Å². The van der Waals surface area contributed by atoms with Crippen molar-refractivity contribution < 1.29 is 19.5 Å². The second-order valence-corrected chi connectivity index (χ2v) is 5.09. The van der Waals surface area contributed by atoms with Crippen molar-refractivity contribution in [3.05, 3.63) is 53.1 Å². The molecule has 0 bridgehead atoms. The van der Waals surface area contributed by atoms with Crippen LogP contribution in [0, 0.1) is 6.92 Å². The summed E-state index contributed by atoms with van der Waals surface area (Å²) in [4.78, 5) is 0. The Bertz CT molecular complexity index is 626. The largest absolute Gasteiger partial charge is 0.496 e. The van der Waals surface area contributed by atoms with E-state index in [1.54, 1.807) is 21.3 Å². The molecule has 118 valence electrons. The van der Waals surface area contributed by atoms with Gasteiger partial charge in [0, 0.05) is 16.7 Å². The van der Waals surface area contributed by atoms with Gasteiger partial charge >= 0.3 is 0 Å². The van der Waals surface area contributed by atoms with E-state index in [1.165, 1.54) is 5.56 Å². The highest BCUT2D eigenvalue weighted by molar-refractivity contribution is 5.49. The van der Waals surface area contributed by atoms with Gasteiger partial charge in [-0.05, 0) is 31.2 Å². The number of rotatable bonds is 7. The monoisotopic (exact) mass is 302 g/mol. The topological polar surface area (TPSA) is 44.3 Å². The first-order chi connectivity index (χ1) is 10.7. The van der Waals surface area contributed by atoms with Gasteiger partial charge in [-0.25, -0.2) is 0 Å². The van der Waals surface area contributed by atoms with Crippen LogP contribution in [0.3, 0.4) is 0 Å². The lowest BCUT2D eigenvalue weighted by molar-refractivity contribution is -0.686. The maximum Gasteiger partial charge on any atom is 0.134 e. The minimum absolute atomic E-state index is 0.839. The van der Waals surface area contributed by atoms with Crippen LogP contribution >= 0.6 is 0 Å². The van der Waals surface area contributed by atoms with Crippen LogP contribution in [-0.2, 0) is 13.1 Å². The molecule has 0 amide bonds. The minimum atomic E-state index is 0.839. The molecule has 4 nitrogen and oxygen atoms in total. The fourth-order valence-corrected chi connectivity index (χ4v) is 2.65. The lowest BCUT2D eigenvalue weighted by Crippen LogP contribution is -2.80. The number of quaternary nitrogens is 1. The molecule has 0 heterocycles. The highest BCUT2D eigenvalue weighted by Crippen LogP contribution is 2.30. The summed E-state index contributed by atoms with van der Waals surface area (Å²) < 4.78 is 16.3. The van der Waals surface area contributed by atoms with Crippen LogP contribution in [0.4, 0.5) is 0 Å². The van der Waals surface area contributed by atoms with Crippen molar-refractivity contribution in [1.82, 2.24) is 0 Å². The van der Waals surface area contributed by atoms with Gasteiger partial charge in [-0.1, -0.05) is 12.1 Å². The molecule has 0 aliphatic carbocycles. The molecule has 0 aromatic heterocycles. The van der Waals surface area contributed by atoms with Crippen LogP contribution in [0.5, 0.6) is 17.2 Å². The molecule has 22 heavy (non-hydrogen) atoms. The summed E-state index contributed by atoms with van der Waals surface area (Å²) in [6, 6.07) is 12.1. The quantitative estimate of drug-likeness (QED) is 0.853. The van der Waals surface area contributed by atoms with Crippen LogP contribution in [0.2, 0.25) is 0 Å². The minimum Gasteiger partial charge on any atom is -0.496 e. The fraction of sp³-hybridized carbons (Fsp3) is 0.333. The SMILES string of the molecule is COc1ccccc1C[NH2+]Cc1ccc(OC)c(C)c1OC. The van der Waals surface area contributed by atoms with Gasteiger partial charge in [0.1, 0.15) is 30.3 Å². The van der Waals surface area contributed by atoms with Gasteiger partial charge in [0.15, 0.2) is 0 Å². The van der Waals surface area contributed by atoms with E-state index in [0.29, 0.717) is 0 Å². The molecule has 4 heteroatoms. The first-order valence-electron chi connectivity index (χ1n) is 7.35. The summed E-state index contributed by atoms with van der Waals surface area (Å²) in [5.74, 6) is 2.68. The van der Waals surface area contributed by atoms with Crippen molar-refractivity contribution in [2.24, 2.45) is 0 Å². The predicted octanol–water partition coefficient (Wildman–Crippen LogP) is 2.28. The van der Waals surface area contributed by atoms with Gasteiger partial charge in [-0.15, -0.1) is 0 Å². The molecule has 0 aliphatic rings. The Labute approximate surface area is 132 Å². The molecule has 0 aliphatic heterocycles. The van der Waals surface area contributed by atoms with Gasteiger partial charge in [-0.3, -0.25) is 0 Å². The lowest BCUT2D eigenvalue weighted by atomic mass is 10.1.